The van der Waals surface area contributed by atoms with Gasteiger partial charge in [0.1, 0.15) is 0 Å². The Kier molecular flexibility index (Phi) is 5.38. The van der Waals surface area contributed by atoms with E-state index in [4.69, 9.17) is 0 Å². The van der Waals surface area contributed by atoms with Crippen LogP contribution in [0.5, 0.6) is 0 Å². The number of hydrogen-bond donors (Lipinski definition) is 2. The second-order valence-corrected chi connectivity index (χ2v) is 7.94. The quantitative estimate of drug-likeness (QED) is 0.865. The molecule has 2 N–H and O–H groups in total. The molecule has 1 aromatic heterocycles. The van der Waals surface area contributed by atoms with Gasteiger partial charge in [-0.1, -0.05) is 17.7 Å². The van der Waals surface area contributed by atoms with Crippen LogP contribution in [0.2, 0.25) is 0 Å². The summed E-state index contributed by atoms with van der Waals surface area (Å²) in [6.45, 7) is 9.39. The molecule has 0 saturated carbocycles. The summed E-state index contributed by atoms with van der Waals surface area (Å²) in [6, 6.07) is 4.16. The number of nitrogens with zero attached hydrogens (tertiary/aromatic N) is 2. The fourth-order valence-electron chi connectivity index (χ4n) is 3.35. The number of nitrogens with one attached hydrogen (secondary N) is 2. The third-order valence-electron chi connectivity index (χ3n) is 4.40. The fraction of sp³-hybridized carbons (Fsp3) is 0.421. The zero-order valence-electron chi connectivity index (χ0n) is 15.6. The maximum Gasteiger partial charge on any atom is 0.238 e. The van der Waals surface area contributed by atoms with Crippen LogP contribution in [0.1, 0.15) is 34.2 Å². The molecule has 138 valence electrons. The van der Waals surface area contributed by atoms with Gasteiger partial charge >= 0.3 is 0 Å². The Bertz CT molecular complexity index is 836. The third kappa shape index (κ3) is 4.28. The van der Waals surface area contributed by atoms with Crippen molar-refractivity contribution in [3.05, 3.63) is 39.4 Å². The Hall–Kier alpha value is -2.25. The van der Waals surface area contributed by atoms with Crippen LogP contribution in [0.3, 0.4) is 0 Å². The predicted molar refractivity (Wildman–Crippen MR) is 105 cm³/mol. The summed E-state index contributed by atoms with van der Waals surface area (Å²) in [5.74, 6) is -0.119. The van der Waals surface area contributed by atoms with Crippen molar-refractivity contribution in [2.24, 2.45) is 0 Å². The normalized spacial score (nSPS) is 14.0. The molecule has 1 aliphatic heterocycles. The molecule has 2 amide bonds. The smallest absolute Gasteiger partial charge is 0.238 e. The van der Waals surface area contributed by atoms with Gasteiger partial charge in [-0.05, 0) is 31.9 Å². The molecule has 2 heterocycles. The highest BCUT2D eigenvalue weighted by molar-refractivity contribution is 7.15. The first-order valence-corrected chi connectivity index (χ1v) is 9.49. The second kappa shape index (κ2) is 7.55. The summed E-state index contributed by atoms with van der Waals surface area (Å²) < 4.78 is 0. The molecule has 1 aliphatic rings. The summed E-state index contributed by atoms with van der Waals surface area (Å²) >= 11 is 1.49. The first-order chi connectivity index (χ1) is 12.3. The number of thiazole rings is 1. The zero-order chi connectivity index (χ0) is 18.8. The number of amides is 2. The number of benzene rings is 1. The minimum absolute atomic E-state index is 0.00453. The van der Waals surface area contributed by atoms with Crippen LogP contribution in [0.25, 0.3) is 0 Å². The minimum Gasteiger partial charge on any atom is -0.324 e. The molecule has 3 rings (SSSR count). The Morgan fingerprint density at radius 2 is 1.88 bits per heavy atom. The molecule has 0 radical (unpaired) electrons. The van der Waals surface area contributed by atoms with Crippen molar-refractivity contribution in [3.8, 4) is 0 Å². The van der Waals surface area contributed by atoms with Crippen LogP contribution in [0.4, 0.5) is 10.8 Å². The average Bonchev–Trinajstić information content (AvgIpc) is 2.91. The molecule has 1 aromatic carbocycles. The fourth-order valence-corrected chi connectivity index (χ4v) is 4.44. The first kappa shape index (κ1) is 18.5. The van der Waals surface area contributed by atoms with Gasteiger partial charge in [0.25, 0.3) is 0 Å². The van der Waals surface area contributed by atoms with Gasteiger partial charge in [-0.25, -0.2) is 4.98 Å². The zero-order valence-corrected chi connectivity index (χ0v) is 16.4. The van der Waals surface area contributed by atoms with E-state index in [1.165, 1.54) is 23.8 Å². The number of rotatable bonds is 4. The molecule has 0 atom stereocenters. The number of carbonyl (C=O) groups excluding carboxylic acids is 2. The van der Waals surface area contributed by atoms with Gasteiger partial charge in [0.15, 0.2) is 5.13 Å². The molecule has 0 bridgehead atoms. The van der Waals surface area contributed by atoms with Gasteiger partial charge in [0, 0.05) is 37.0 Å². The van der Waals surface area contributed by atoms with E-state index < -0.39 is 0 Å². The van der Waals surface area contributed by atoms with Crippen molar-refractivity contribution in [1.82, 2.24) is 9.88 Å². The minimum atomic E-state index is -0.115. The van der Waals surface area contributed by atoms with Gasteiger partial charge < -0.3 is 10.6 Å². The van der Waals surface area contributed by atoms with Gasteiger partial charge in [0.2, 0.25) is 11.8 Å². The highest BCUT2D eigenvalue weighted by Gasteiger charge is 2.23. The van der Waals surface area contributed by atoms with Gasteiger partial charge in [-0.15, -0.1) is 11.3 Å². The average molecular weight is 372 g/mol. The molecular weight excluding hydrogens is 348 g/mol. The molecule has 0 saturated heterocycles. The number of aryl methyl sites for hydroxylation is 3. The molecule has 7 heteroatoms. The van der Waals surface area contributed by atoms with Crippen molar-refractivity contribution in [2.45, 2.75) is 40.7 Å². The topological polar surface area (TPSA) is 74.3 Å². The number of hydrogen-bond acceptors (Lipinski definition) is 5. The standard InChI is InChI=1S/C19H24N4O2S/c1-11-7-12(2)18(13(3)8-11)22-17(25)10-23-6-5-15-16(9-23)26-19(21-15)20-14(4)24/h7-8H,5-6,9-10H2,1-4H3,(H,22,25)(H,20,21,24). The number of aromatic nitrogens is 1. The van der Waals surface area contributed by atoms with Crippen LogP contribution in [0.15, 0.2) is 12.1 Å². The van der Waals surface area contributed by atoms with E-state index in [9.17, 15) is 9.59 Å². The maximum atomic E-state index is 12.5. The second-order valence-electron chi connectivity index (χ2n) is 6.85. The molecule has 0 spiro atoms. The lowest BCUT2D eigenvalue weighted by atomic mass is 10.1. The maximum absolute atomic E-state index is 12.5. The molecule has 6 nitrogen and oxygen atoms in total. The highest BCUT2D eigenvalue weighted by Crippen LogP contribution is 2.28. The van der Waals surface area contributed by atoms with E-state index >= 15 is 0 Å². The SMILES string of the molecule is CC(=O)Nc1nc2c(s1)CN(CC(=O)Nc1c(C)cc(C)cc1C)CC2. The largest absolute Gasteiger partial charge is 0.324 e. The van der Waals surface area contributed by atoms with E-state index in [1.54, 1.807) is 0 Å². The summed E-state index contributed by atoms with van der Waals surface area (Å²) in [5.41, 5.74) is 5.30. The monoisotopic (exact) mass is 372 g/mol. The van der Waals surface area contributed by atoms with Crippen LogP contribution in [-0.2, 0) is 22.6 Å². The highest BCUT2D eigenvalue weighted by atomic mass is 32.1. The van der Waals surface area contributed by atoms with Crippen molar-refractivity contribution in [1.29, 1.82) is 0 Å². The van der Waals surface area contributed by atoms with E-state index in [1.807, 2.05) is 13.8 Å². The molecule has 0 aliphatic carbocycles. The number of fused-ring (bicyclic) bond motifs is 1. The lowest BCUT2D eigenvalue weighted by molar-refractivity contribution is -0.117. The van der Waals surface area contributed by atoms with Gasteiger partial charge in [0.05, 0.1) is 12.2 Å². The van der Waals surface area contributed by atoms with Crippen LogP contribution >= 0.6 is 11.3 Å². The predicted octanol–water partition coefficient (Wildman–Crippen LogP) is 3.02. The van der Waals surface area contributed by atoms with E-state index in [2.05, 4.69) is 39.6 Å². The van der Waals surface area contributed by atoms with E-state index in [0.717, 1.165) is 40.4 Å². The molecule has 2 aromatic rings. The van der Waals surface area contributed by atoms with Crippen molar-refractivity contribution in [3.63, 3.8) is 0 Å². The lowest BCUT2D eigenvalue weighted by Crippen LogP contribution is -2.36. The number of carbonyl (C=O) groups is 2. The molecule has 26 heavy (non-hydrogen) atoms. The summed E-state index contributed by atoms with van der Waals surface area (Å²) in [7, 11) is 0. The van der Waals surface area contributed by atoms with Crippen molar-refractivity contribution < 1.29 is 9.59 Å². The Morgan fingerprint density at radius 3 is 2.54 bits per heavy atom. The van der Waals surface area contributed by atoms with Crippen LogP contribution in [-0.4, -0.2) is 34.8 Å². The van der Waals surface area contributed by atoms with Crippen LogP contribution < -0.4 is 10.6 Å². The van der Waals surface area contributed by atoms with Gasteiger partial charge in [-0.3, -0.25) is 14.5 Å². The van der Waals surface area contributed by atoms with Crippen molar-refractivity contribution >= 4 is 34.0 Å². The van der Waals surface area contributed by atoms with Gasteiger partial charge in [-0.2, -0.15) is 0 Å². The Labute approximate surface area is 157 Å². The molecule has 0 fully saturated rings. The lowest BCUT2D eigenvalue weighted by Gasteiger charge is -2.25. The Morgan fingerprint density at radius 1 is 1.19 bits per heavy atom. The first-order valence-electron chi connectivity index (χ1n) is 8.68. The molecule has 0 unspecified atom stereocenters. The summed E-state index contributed by atoms with van der Waals surface area (Å²) in [5, 5.41) is 6.44. The number of anilines is 2. The van der Waals surface area contributed by atoms with E-state index in [-0.39, 0.29) is 11.8 Å². The van der Waals surface area contributed by atoms with Crippen molar-refractivity contribution in [2.75, 3.05) is 23.7 Å². The summed E-state index contributed by atoms with van der Waals surface area (Å²) in [4.78, 5) is 31.4. The molecular formula is C19H24N4O2S. The summed E-state index contributed by atoms with van der Waals surface area (Å²) in [6.07, 6.45) is 0.793. The Balaban J connectivity index is 1.62. The van der Waals surface area contributed by atoms with E-state index in [0.29, 0.717) is 18.2 Å². The van der Waals surface area contributed by atoms with Crippen LogP contribution in [0, 0.1) is 20.8 Å². The third-order valence-corrected chi connectivity index (χ3v) is 5.40.